The maximum Gasteiger partial charge on any atom is 0.121 e. The zero-order valence-corrected chi connectivity index (χ0v) is 15.8. The maximum atomic E-state index is 10.9. The van der Waals surface area contributed by atoms with Crippen molar-refractivity contribution >= 4 is 10.8 Å². The largest absolute Gasteiger partial charge is 0.508 e. The highest BCUT2D eigenvalue weighted by atomic mass is 16.5. The van der Waals surface area contributed by atoms with Crippen molar-refractivity contribution in [3.8, 4) is 11.5 Å². The minimum Gasteiger partial charge on any atom is -0.508 e. The first-order valence-electron chi connectivity index (χ1n) is 9.36. The molecule has 1 N–H and O–H groups in total. The summed E-state index contributed by atoms with van der Waals surface area (Å²) in [5.41, 5.74) is 3.36. The van der Waals surface area contributed by atoms with Crippen LogP contribution in [0.1, 0.15) is 22.7 Å². The molecule has 4 heteroatoms. The fourth-order valence-electron chi connectivity index (χ4n) is 3.99. The van der Waals surface area contributed by atoms with Crippen LogP contribution in [0.25, 0.3) is 10.8 Å². The van der Waals surface area contributed by atoms with Crippen LogP contribution in [0.4, 0.5) is 0 Å². The van der Waals surface area contributed by atoms with Crippen LogP contribution in [0.5, 0.6) is 11.5 Å². The summed E-state index contributed by atoms with van der Waals surface area (Å²) in [5.74, 6) is 1.11. The third kappa shape index (κ3) is 3.38. The highest BCUT2D eigenvalue weighted by Gasteiger charge is 2.29. The Morgan fingerprint density at radius 3 is 2.52 bits per heavy atom. The van der Waals surface area contributed by atoms with Crippen molar-refractivity contribution in [3.63, 3.8) is 0 Å². The molecule has 1 heterocycles. The lowest BCUT2D eigenvalue weighted by atomic mass is 9.89. The number of phenolic OH excluding ortho intramolecular Hbond substituents is 1. The van der Waals surface area contributed by atoms with Gasteiger partial charge in [0.25, 0.3) is 0 Å². The van der Waals surface area contributed by atoms with Gasteiger partial charge in [-0.1, -0.05) is 36.4 Å². The van der Waals surface area contributed by atoms with Gasteiger partial charge in [-0.15, -0.1) is 0 Å². The van der Waals surface area contributed by atoms with Crippen LogP contribution in [-0.4, -0.2) is 43.4 Å². The third-order valence-electron chi connectivity index (χ3n) is 5.41. The van der Waals surface area contributed by atoms with E-state index in [0.717, 1.165) is 35.2 Å². The Morgan fingerprint density at radius 1 is 1.04 bits per heavy atom. The van der Waals surface area contributed by atoms with Gasteiger partial charge in [-0.2, -0.15) is 0 Å². The van der Waals surface area contributed by atoms with Gasteiger partial charge in [0, 0.05) is 18.7 Å². The second-order valence-electron chi connectivity index (χ2n) is 6.99. The van der Waals surface area contributed by atoms with E-state index in [1.807, 2.05) is 24.3 Å². The second-order valence-corrected chi connectivity index (χ2v) is 6.99. The van der Waals surface area contributed by atoms with E-state index in [4.69, 9.17) is 9.47 Å². The molecule has 0 radical (unpaired) electrons. The van der Waals surface area contributed by atoms with Crippen molar-refractivity contribution in [2.45, 2.75) is 13.0 Å². The molecule has 3 aromatic rings. The Bertz CT molecular complexity index is 948. The number of fused-ring (bicyclic) bond motifs is 1. The van der Waals surface area contributed by atoms with Gasteiger partial charge in [0.1, 0.15) is 11.5 Å². The van der Waals surface area contributed by atoms with Crippen LogP contribution in [0.15, 0.2) is 54.6 Å². The number of hydrogen-bond acceptors (Lipinski definition) is 4. The Kier molecular flexibility index (Phi) is 5.01. The molecule has 140 valence electrons. The molecule has 0 spiro atoms. The fraction of sp³-hybridized carbons (Fsp3) is 0.304. The minimum atomic E-state index is -0.0362. The van der Waals surface area contributed by atoms with Gasteiger partial charge in [0.2, 0.25) is 0 Å². The maximum absolute atomic E-state index is 10.9. The highest BCUT2D eigenvalue weighted by molar-refractivity contribution is 5.90. The molecule has 1 aliphatic heterocycles. The molecule has 0 aliphatic carbocycles. The number of ether oxygens (including phenoxy) is 2. The SMILES string of the molecule is COc1ccc2ccc(O)c(C(c3ccccc3C)N3CCOCC3)c2c1. The number of aryl methyl sites for hydroxylation is 1. The number of morpholine rings is 1. The summed E-state index contributed by atoms with van der Waals surface area (Å²) in [6.45, 7) is 5.21. The van der Waals surface area contributed by atoms with Crippen LogP contribution < -0.4 is 4.74 Å². The van der Waals surface area contributed by atoms with E-state index in [-0.39, 0.29) is 6.04 Å². The molecule has 1 aliphatic rings. The van der Waals surface area contributed by atoms with Crippen molar-refractivity contribution in [3.05, 3.63) is 71.3 Å². The first-order valence-corrected chi connectivity index (χ1v) is 9.36. The molecule has 0 amide bonds. The summed E-state index contributed by atoms with van der Waals surface area (Å²) in [4.78, 5) is 2.40. The molecule has 27 heavy (non-hydrogen) atoms. The van der Waals surface area contributed by atoms with E-state index in [2.05, 4.69) is 36.1 Å². The Balaban J connectivity index is 1.97. The van der Waals surface area contributed by atoms with Crippen LogP contribution in [0, 0.1) is 6.92 Å². The average Bonchev–Trinajstić information content (AvgIpc) is 2.71. The van der Waals surface area contributed by atoms with Crippen molar-refractivity contribution in [2.75, 3.05) is 33.4 Å². The number of benzene rings is 3. The molecule has 1 atom stereocenters. The summed E-state index contributed by atoms with van der Waals surface area (Å²) in [5, 5.41) is 13.0. The van der Waals surface area contributed by atoms with Crippen LogP contribution in [0.2, 0.25) is 0 Å². The molecule has 1 fully saturated rings. The molecule has 4 nitrogen and oxygen atoms in total. The predicted molar refractivity (Wildman–Crippen MR) is 108 cm³/mol. The summed E-state index contributed by atoms with van der Waals surface area (Å²) < 4.78 is 11.0. The Morgan fingerprint density at radius 2 is 1.78 bits per heavy atom. The number of phenols is 1. The molecule has 3 aromatic carbocycles. The van der Waals surface area contributed by atoms with Crippen LogP contribution in [-0.2, 0) is 4.74 Å². The number of aromatic hydroxyl groups is 1. The van der Waals surface area contributed by atoms with Crippen LogP contribution in [0.3, 0.4) is 0 Å². The topological polar surface area (TPSA) is 41.9 Å². The van der Waals surface area contributed by atoms with E-state index in [1.54, 1.807) is 13.2 Å². The lowest BCUT2D eigenvalue weighted by Crippen LogP contribution is -2.39. The number of rotatable bonds is 4. The van der Waals surface area contributed by atoms with Gasteiger partial charge < -0.3 is 14.6 Å². The number of methoxy groups -OCH3 is 1. The lowest BCUT2D eigenvalue weighted by Gasteiger charge is -2.36. The molecule has 0 saturated carbocycles. The lowest BCUT2D eigenvalue weighted by molar-refractivity contribution is 0.0237. The van der Waals surface area contributed by atoms with E-state index >= 15 is 0 Å². The predicted octanol–water partition coefficient (Wildman–Crippen LogP) is 4.28. The summed E-state index contributed by atoms with van der Waals surface area (Å²) in [6, 6.07) is 18.2. The molecule has 4 rings (SSSR count). The van der Waals surface area contributed by atoms with Crippen molar-refractivity contribution < 1.29 is 14.6 Å². The quantitative estimate of drug-likeness (QED) is 0.751. The third-order valence-corrected chi connectivity index (χ3v) is 5.41. The Labute approximate surface area is 160 Å². The monoisotopic (exact) mass is 363 g/mol. The molecule has 1 saturated heterocycles. The van der Waals surface area contributed by atoms with Gasteiger partial charge in [-0.05, 0) is 47.0 Å². The first-order chi connectivity index (χ1) is 13.2. The molecular formula is C23H25NO3. The normalized spacial score (nSPS) is 16.4. The number of nitrogens with zero attached hydrogens (tertiary/aromatic N) is 1. The van der Waals surface area contributed by atoms with E-state index in [0.29, 0.717) is 19.0 Å². The van der Waals surface area contributed by atoms with E-state index in [1.165, 1.54) is 11.1 Å². The number of hydrogen-bond donors (Lipinski definition) is 1. The van der Waals surface area contributed by atoms with Gasteiger partial charge in [-0.25, -0.2) is 0 Å². The first kappa shape index (κ1) is 17.8. The van der Waals surface area contributed by atoms with E-state index < -0.39 is 0 Å². The summed E-state index contributed by atoms with van der Waals surface area (Å²) in [6.07, 6.45) is 0. The molecule has 0 bridgehead atoms. The van der Waals surface area contributed by atoms with Gasteiger partial charge in [-0.3, -0.25) is 4.90 Å². The highest BCUT2D eigenvalue weighted by Crippen LogP contribution is 2.41. The van der Waals surface area contributed by atoms with Crippen molar-refractivity contribution in [2.24, 2.45) is 0 Å². The van der Waals surface area contributed by atoms with E-state index in [9.17, 15) is 5.11 Å². The fourth-order valence-corrected chi connectivity index (χ4v) is 3.99. The zero-order valence-electron chi connectivity index (χ0n) is 15.8. The van der Waals surface area contributed by atoms with Crippen molar-refractivity contribution in [1.29, 1.82) is 0 Å². The standard InChI is InChI=1S/C23H25NO3/c1-16-5-3-4-6-19(16)23(24-11-13-27-14-12-24)22-20-15-18(26-2)9-7-17(20)8-10-21(22)25/h3-10,15,23,25H,11-14H2,1-2H3. The van der Waals surface area contributed by atoms with Gasteiger partial charge >= 0.3 is 0 Å². The summed E-state index contributed by atoms with van der Waals surface area (Å²) >= 11 is 0. The smallest absolute Gasteiger partial charge is 0.121 e. The zero-order chi connectivity index (χ0) is 18.8. The van der Waals surface area contributed by atoms with Gasteiger partial charge in [0.15, 0.2) is 0 Å². The second kappa shape index (κ2) is 7.59. The van der Waals surface area contributed by atoms with Crippen molar-refractivity contribution in [1.82, 2.24) is 4.90 Å². The summed E-state index contributed by atoms with van der Waals surface area (Å²) in [7, 11) is 1.67. The molecule has 1 unspecified atom stereocenters. The minimum absolute atomic E-state index is 0.0362. The molecule has 0 aromatic heterocycles. The molecular weight excluding hydrogens is 338 g/mol. The average molecular weight is 363 g/mol. The van der Waals surface area contributed by atoms with Gasteiger partial charge in [0.05, 0.1) is 26.4 Å². The van der Waals surface area contributed by atoms with Crippen LogP contribution >= 0.6 is 0 Å². The Hall–Kier alpha value is -2.56.